The highest BCUT2D eigenvalue weighted by molar-refractivity contribution is 7.94. The molecular formula is C16H18Cl2N2O4S. The number of halogens is 2. The highest BCUT2D eigenvalue weighted by atomic mass is 35.5. The Labute approximate surface area is 160 Å². The van der Waals surface area contributed by atoms with Crippen LogP contribution in [-0.4, -0.2) is 12.0 Å². The van der Waals surface area contributed by atoms with Crippen LogP contribution < -0.4 is 15.8 Å². The van der Waals surface area contributed by atoms with E-state index in [0.717, 1.165) is 16.9 Å². The second-order valence-corrected chi connectivity index (χ2v) is 6.09. The van der Waals surface area contributed by atoms with Gasteiger partial charge in [0.15, 0.2) is 6.10 Å². The minimum atomic E-state index is -0.818. The first kappa shape index (κ1) is 21.6. The van der Waals surface area contributed by atoms with Gasteiger partial charge in [-0.05, 0) is 37.3 Å². The molecule has 9 heteroatoms. The van der Waals surface area contributed by atoms with Gasteiger partial charge in [0.1, 0.15) is 5.75 Å². The molecule has 0 radical (unpaired) electrons. The minimum absolute atomic E-state index is 0. The van der Waals surface area contributed by atoms with Gasteiger partial charge in [-0.1, -0.05) is 54.4 Å². The first-order valence-electron chi connectivity index (χ1n) is 6.78. The zero-order chi connectivity index (χ0) is 17.4. The van der Waals surface area contributed by atoms with Crippen LogP contribution in [0.3, 0.4) is 0 Å². The zero-order valence-corrected chi connectivity index (χ0v) is 14.8. The summed E-state index contributed by atoms with van der Waals surface area (Å²) in [5.41, 5.74) is 4.45. The van der Waals surface area contributed by atoms with Gasteiger partial charge < -0.3 is 4.74 Å². The Bertz CT molecular complexity index is 676. The molecule has 2 aromatic carbocycles. The topological polar surface area (TPSA) is 68.8 Å². The number of carbonyl (C=O) groups is 1. The van der Waals surface area contributed by atoms with Crippen LogP contribution in [0.2, 0.25) is 10.0 Å². The van der Waals surface area contributed by atoms with Crippen molar-refractivity contribution in [1.82, 2.24) is 11.0 Å². The van der Waals surface area contributed by atoms with E-state index in [1.807, 2.05) is 30.3 Å². The molecule has 0 aliphatic carbocycles. The number of hydrazine groups is 1. The summed E-state index contributed by atoms with van der Waals surface area (Å²) in [5, 5.41) is 0.793. The maximum atomic E-state index is 11.8. The van der Waals surface area contributed by atoms with Crippen LogP contribution in [0.1, 0.15) is 14.4 Å². The maximum absolute atomic E-state index is 11.8. The Morgan fingerprint density at radius 1 is 1.16 bits per heavy atom. The lowest BCUT2D eigenvalue weighted by Gasteiger charge is -2.15. The normalized spacial score (nSPS) is 11.3. The van der Waals surface area contributed by atoms with Gasteiger partial charge in [0.05, 0.1) is 17.1 Å². The van der Waals surface area contributed by atoms with E-state index in [0.29, 0.717) is 15.8 Å². The highest BCUT2D eigenvalue weighted by Crippen LogP contribution is 2.28. The summed E-state index contributed by atoms with van der Waals surface area (Å²) in [6, 6.07) is 14.0. The van der Waals surface area contributed by atoms with Gasteiger partial charge in [0.2, 0.25) is 0 Å². The van der Waals surface area contributed by atoms with Crippen LogP contribution in [0.25, 0.3) is 0 Å². The van der Waals surface area contributed by atoms with Crippen molar-refractivity contribution in [3.8, 4) is 5.75 Å². The molecule has 0 heterocycles. The number of rotatable bonds is 8. The molecular weight excluding hydrogens is 387 g/mol. The molecule has 1 unspecified atom stereocenters. The van der Waals surface area contributed by atoms with Crippen molar-refractivity contribution in [2.75, 3.05) is 0 Å². The molecule has 0 bridgehead atoms. The monoisotopic (exact) mass is 404 g/mol. The van der Waals surface area contributed by atoms with Crippen molar-refractivity contribution in [3.63, 3.8) is 0 Å². The second kappa shape index (κ2) is 11.2. The third kappa shape index (κ3) is 7.52. The second-order valence-electron chi connectivity index (χ2n) is 4.47. The fourth-order valence-corrected chi connectivity index (χ4v) is 2.40. The molecule has 0 saturated heterocycles. The quantitative estimate of drug-likeness (QED) is 0.290. The van der Waals surface area contributed by atoms with E-state index < -0.39 is 12.0 Å². The lowest BCUT2D eigenvalue weighted by atomic mass is 10.3. The van der Waals surface area contributed by atoms with Gasteiger partial charge in [-0.2, -0.15) is 0 Å². The molecule has 0 spiro atoms. The zero-order valence-electron chi connectivity index (χ0n) is 12.5. The van der Waals surface area contributed by atoms with Crippen LogP contribution in [0.15, 0.2) is 53.4 Å². The lowest BCUT2D eigenvalue weighted by molar-refractivity contribution is -0.256. The Balaban J connectivity index is 0.00000312. The molecule has 1 amide bonds. The van der Waals surface area contributed by atoms with Gasteiger partial charge in [0, 0.05) is 9.92 Å². The molecule has 2 rings (SSSR count). The van der Waals surface area contributed by atoms with E-state index in [-0.39, 0.29) is 7.43 Å². The van der Waals surface area contributed by atoms with Crippen molar-refractivity contribution in [2.45, 2.75) is 25.3 Å². The van der Waals surface area contributed by atoms with Crippen molar-refractivity contribution in [1.29, 1.82) is 0 Å². The van der Waals surface area contributed by atoms with Crippen LogP contribution >= 0.6 is 35.2 Å². The molecule has 0 saturated carbocycles. The number of carbonyl (C=O) groups excluding carboxylic acids is 1. The molecule has 6 nitrogen and oxygen atoms in total. The Morgan fingerprint density at radius 3 is 2.56 bits per heavy atom. The van der Waals surface area contributed by atoms with Crippen LogP contribution in [0.4, 0.5) is 0 Å². The molecule has 1 atom stereocenters. The number of nitrogens with one attached hydrogen (secondary N) is 2. The van der Waals surface area contributed by atoms with Crippen LogP contribution in [-0.2, 0) is 14.1 Å². The molecule has 0 fully saturated rings. The summed E-state index contributed by atoms with van der Waals surface area (Å²) < 4.78 is 10.3. The SMILES string of the molecule is C.CC(Oc1ccc(Cl)cc1Cl)C(=O)NNOOSc1ccccc1. The van der Waals surface area contributed by atoms with Gasteiger partial charge >= 0.3 is 0 Å². The molecule has 2 N–H and O–H groups in total. The number of ether oxygens (including phenoxy) is 1. The summed E-state index contributed by atoms with van der Waals surface area (Å²) in [6.45, 7) is 1.56. The van der Waals surface area contributed by atoms with E-state index >= 15 is 0 Å². The average Bonchev–Trinajstić information content (AvgIpc) is 2.57. The van der Waals surface area contributed by atoms with Gasteiger partial charge in [-0.3, -0.25) is 10.2 Å². The molecule has 0 aromatic heterocycles. The number of amides is 1. The largest absolute Gasteiger partial charge is 0.479 e. The smallest absolute Gasteiger partial charge is 0.276 e. The summed E-state index contributed by atoms with van der Waals surface area (Å²) in [5.74, 6) is -0.130. The van der Waals surface area contributed by atoms with Crippen LogP contribution in [0.5, 0.6) is 5.75 Å². The first-order valence-corrected chi connectivity index (χ1v) is 8.28. The van der Waals surface area contributed by atoms with Crippen molar-refractivity contribution in [3.05, 3.63) is 58.6 Å². The fraction of sp³-hybridized carbons (Fsp3) is 0.188. The van der Waals surface area contributed by atoms with Gasteiger partial charge in [-0.25, -0.2) is 0 Å². The molecule has 0 aliphatic heterocycles. The van der Waals surface area contributed by atoms with Crippen LogP contribution in [0, 0.1) is 0 Å². The van der Waals surface area contributed by atoms with E-state index in [1.54, 1.807) is 19.1 Å². The summed E-state index contributed by atoms with van der Waals surface area (Å²) in [7, 11) is 0. The summed E-state index contributed by atoms with van der Waals surface area (Å²) in [6.07, 6.45) is -0.818. The Morgan fingerprint density at radius 2 is 1.88 bits per heavy atom. The third-order valence-electron chi connectivity index (χ3n) is 2.69. The van der Waals surface area contributed by atoms with E-state index in [1.165, 1.54) is 6.07 Å². The number of hydrogen-bond donors (Lipinski definition) is 2. The van der Waals surface area contributed by atoms with E-state index in [4.69, 9.17) is 32.3 Å². The molecule has 0 aliphatic rings. The van der Waals surface area contributed by atoms with Gasteiger partial charge in [-0.15, -0.1) is 9.32 Å². The minimum Gasteiger partial charge on any atom is -0.479 e. The molecule has 25 heavy (non-hydrogen) atoms. The number of benzene rings is 2. The number of hydrogen-bond acceptors (Lipinski definition) is 6. The predicted octanol–water partition coefficient (Wildman–Crippen LogP) is 4.59. The van der Waals surface area contributed by atoms with Gasteiger partial charge in [0.25, 0.3) is 5.91 Å². The molecule has 136 valence electrons. The maximum Gasteiger partial charge on any atom is 0.276 e. The highest BCUT2D eigenvalue weighted by Gasteiger charge is 2.16. The summed E-state index contributed by atoms with van der Waals surface area (Å²) >= 11 is 12.8. The van der Waals surface area contributed by atoms with Crippen molar-refractivity contribution >= 4 is 41.2 Å². The predicted molar refractivity (Wildman–Crippen MR) is 99.0 cm³/mol. The Hall–Kier alpha value is -1.48. The standard InChI is InChI=1S/C15H14Cl2N2O4S.CH4/c1-10(21-14-8-7-11(16)9-13(14)17)15(20)18-19-22-23-24-12-5-3-2-4-6-12;/h2-10,19H,1H3,(H,18,20);1H4. The fourth-order valence-electron chi connectivity index (χ4n) is 1.54. The van der Waals surface area contributed by atoms with E-state index in [2.05, 4.69) is 16.0 Å². The van der Waals surface area contributed by atoms with Crippen molar-refractivity contribution in [2.24, 2.45) is 0 Å². The molecule has 2 aromatic rings. The summed E-state index contributed by atoms with van der Waals surface area (Å²) in [4.78, 5) is 17.3. The third-order valence-corrected chi connectivity index (χ3v) is 3.82. The average molecular weight is 405 g/mol. The lowest BCUT2D eigenvalue weighted by Crippen LogP contribution is -2.44. The van der Waals surface area contributed by atoms with E-state index in [9.17, 15) is 4.79 Å². The Kier molecular flexibility index (Phi) is 9.66. The van der Waals surface area contributed by atoms with Crippen molar-refractivity contribution < 1.29 is 18.9 Å². The first-order chi connectivity index (χ1) is 11.6.